The largest absolute Gasteiger partial charge is 0.497 e. The smallest absolute Gasteiger partial charge is 0.271 e. The first-order valence-corrected chi connectivity index (χ1v) is 9.91. The van der Waals surface area contributed by atoms with E-state index < -0.39 is 11.5 Å². The van der Waals surface area contributed by atoms with Crippen LogP contribution < -0.4 is 15.6 Å². The van der Waals surface area contributed by atoms with Gasteiger partial charge in [0.1, 0.15) is 16.3 Å². The number of rotatable bonds is 5. The van der Waals surface area contributed by atoms with E-state index in [0.29, 0.717) is 16.5 Å². The molecule has 0 saturated heterocycles. The molecule has 8 nitrogen and oxygen atoms in total. The summed E-state index contributed by atoms with van der Waals surface area (Å²) in [5.74, 6) is 0.231. The van der Waals surface area contributed by atoms with Gasteiger partial charge >= 0.3 is 0 Å². The number of anilines is 1. The van der Waals surface area contributed by atoms with Gasteiger partial charge in [-0.2, -0.15) is 0 Å². The third kappa shape index (κ3) is 3.64. The zero-order chi connectivity index (χ0) is 19.7. The minimum atomic E-state index is -0.553. The Kier molecular flexibility index (Phi) is 4.88. The van der Waals surface area contributed by atoms with Gasteiger partial charge in [0.2, 0.25) is 5.13 Å². The summed E-state index contributed by atoms with van der Waals surface area (Å²) >= 11 is 2.65. The van der Waals surface area contributed by atoms with Crippen molar-refractivity contribution in [2.75, 3.05) is 12.4 Å². The van der Waals surface area contributed by atoms with Gasteiger partial charge in [0.15, 0.2) is 4.96 Å². The van der Waals surface area contributed by atoms with E-state index in [0.717, 1.165) is 21.2 Å². The van der Waals surface area contributed by atoms with Crippen LogP contribution in [0.1, 0.15) is 25.8 Å². The number of hydrogen-bond donors (Lipinski definition) is 1. The second-order valence-corrected chi connectivity index (χ2v) is 8.23. The van der Waals surface area contributed by atoms with Gasteiger partial charge in [-0.05, 0) is 24.6 Å². The van der Waals surface area contributed by atoms with Crippen LogP contribution in [0.2, 0.25) is 0 Å². The molecule has 0 radical (unpaired) electrons. The number of carbonyl (C=O) groups excluding carboxylic acids is 1. The Labute approximate surface area is 167 Å². The highest BCUT2D eigenvalue weighted by Crippen LogP contribution is 2.20. The van der Waals surface area contributed by atoms with Crippen molar-refractivity contribution in [3.8, 4) is 5.75 Å². The molecule has 0 atom stereocenters. The summed E-state index contributed by atoms with van der Waals surface area (Å²) < 4.78 is 6.52. The average Bonchev–Trinajstić information content (AvgIpc) is 3.28. The molecule has 1 amide bonds. The lowest BCUT2D eigenvalue weighted by molar-refractivity contribution is 0.102. The summed E-state index contributed by atoms with van der Waals surface area (Å²) in [6, 6.07) is 7.65. The molecule has 142 valence electrons. The summed E-state index contributed by atoms with van der Waals surface area (Å²) in [6.07, 6.45) is 3.55. The summed E-state index contributed by atoms with van der Waals surface area (Å²) in [4.78, 5) is 30.7. The minimum absolute atomic E-state index is 0.0396. The number of nitrogens with one attached hydrogen (secondary N) is 1. The fourth-order valence-corrected chi connectivity index (χ4v) is 4.16. The number of hydrogen-bond acceptors (Lipinski definition) is 8. The molecule has 3 aromatic heterocycles. The predicted octanol–water partition coefficient (Wildman–Crippen LogP) is 2.77. The van der Waals surface area contributed by atoms with Gasteiger partial charge in [0.05, 0.1) is 7.11 Å². The molecule has 0 unspecified atom stereocenters. The molecular formula is C18H15N5O3S2. The molecule has 0 saturated carbocycles. The van der Waals surface area contributed by atoms with E-state index in [9.17, 15) is 9.59 Å². The lowest BCUT2D eigenvalue weighted by Crippen LogP contribution is -2.25. The van der Waals surface area contributed by atoms with E-state index in [1.807, 2.05) is 31.2 Å². The Bertz CT molecular complexity index is 1210. The minimum Gasteiger partial charge on any atom is -0.497 e. The van der Waals surface area contributed by atoms with Gasteiger partial charge in [-0.1, -0.05) is 23.5 Å². The van der Waals surface area contributed by atoms with Gasteiger partial charge < -0.3 is 4.74 Å². The second-order valence-electron chi connectivity index (χ2n) is 5.95. The first-order valence-electron chi connectivity index (χ1n) is 8.28. The number of aromatic nitrogens is 4. The molecule has 10 heteroatoms. The maximum Gasteiger partial charge on any atom is 0.271 e. The van der Waals surface area contributed by atoms with Crippen LogP contribution in [0.25, 0.3) is 4.96 Å². The van der Waals surface area contributed by atoms with Crippen molar-refractivity contribution in [2.24, 2.45) is 0 Å². The third-order valence-electron chi connectivity index (χ3n) is 3.97. The number of fused-ring (bicyclic) bond motifs is 1. The molecule has 1 N–H and O–H groups in total. The number of methoxy groups -OCH3 is 1. The van der Waals surface area contributed by atoms with Crippen molar-refractivity contribution < 1.29 is 9.53 Å². The van der Waals surface area contributed by atoms with Gasteiger partial charge in [-0.15, -0.1) is 21.5 Å². The van der Waals surface area contributed by atoms with Crippen LogP contribution in [0.4, 0.5) is 5.13 Å². The maximum absolute atomic E-state index is 12.5. The van der Waals surface area contributed by atoms with Crippen LogP contribution in [-0.4, -0.2) is 32.6 Å². The van der Waals surface area contributed by atoms with Crippen molar-refractivity contribution in [1.82, 2.24) is 19.6 Å². The Morgan fingerprint density at radius 1 is 1.21 bits per heavy atom. The fraction of sp³-hybridized carbons (Fsp3) is 0.167. The Hall–Kier alpha value is -3.11. The van der Waals surface area contributed by atoms with E-state index in [-0.39, 0.29) is 5.56 Å². The highest BCUT2D eigenvalue weighted by Gasteiger charge is 2.16. The molecule has 1 aromatic carbocycles. The van der Waals surface area contributed by atoms with Crippen LogP contribution in [0.5, 0.6) is 5.75 Å². The molecule has 28 heavy (non-hydrogen) atoms. The molecule has 0 aliphatic carbocycles. The van der Waals surface area contributed by atoms with Crippen molar-refractivity contribution in [2.45, 2.75) is 13.3 Å². The highest BCUT2D eigenvalue weighted by molar-refractivity contribution is 7.17. The van der Waals surface area contributed by atoms with Crippen molar-refractivity contribution >= 4 is 38.7 Å². The predicted molar refractivity (Wildman–Crippen MR) is 108 cm³/mol. The van der Waals surface area contributed by atoms with Crippen molar-refractivity contribution in [3.63, 3.8) is 0 Å². The van der Waals surface area contributed by atoms with Gasteiger partial charge in [0.25, 0.3) is 11.5 Å². The van der Waals surface area contributed by atoms with Gasteiger partial charge in [-0.25, -0.2) is 4.98 Å². The molecule has 0 spiro atoms. The quantitative estimate of drug-likeness (QED) is 0.540. The lowest BCUT2D eigenvalue weighted by atomic mass is 10.1. The first kappa shape index (κ1) is 18.3. The van der Waals surface area contributed by atoms with Crippen LogP contribution in [0, 0.1) is 6.92 Å². The SMILES string of the molecule is COc1ccc(Cc2nnc(NC(=O)c3cnc4sc(C)cn4c3=O)s2)cc1. The normalized spacial score (nSPS) is 10.9. The van der Waals surface area contributed by atoms with E-state index in [4.69, 9.17) is 4.74 Å². The second kappa shape index (κ2) is 7.49. The third-order valence-corrected chi connectivity index (χ3v) is 5.72. The van der Waals surface area contributed by atoms with Crippen molar-refractivity contribution in [3.05, 3.63) is 68.0 Å². The summed E-state index contributed by atoms with van der Waals surface area (Å²) in [5, 5.41) is 11.8. The van der Waals surface area contributed by atoms with Crippen LogP contribution >= 0.6 is 22.7 Å². The number of thiazole rings is 1. The monoisotopic (exact) mass is 413 g/mol. The zero-order valence-corrected chi connectivity index (χ0v) is 16.6. The molecule has 4 aromatic rings. The number of benzene rings is 1. The molecule has 3 heterocycles. The fourth-order valence-electron chi connectivity index (χ4n) is 2.61. The average molecular weight is 413 g/mol. The van der Waals surface area contributed by atoms with E-state index in [1.165, 1.54) is 33.3 Å². The molecular weight excluding hydrogens is 398 g/mol. The number of aryl methyl sites for hydroxylation is 1. The molecule has 0 aliphatic heterocycles. The van der Waals surface area contributed by atoms with Crippen LogP contribution in [0.3, 0.4) is 0 Å². The topological polar surface area (TPSA) is 98.5 Å². The van der Waals surface area contributed by atoms with Crippen LogP contribution in [0.15, 0.2) is 41.5 Å². The summed E-state index contributed by atoms with van der Waals surface area (Å²) in [5.41, 5.74) is 0.604. The van der Waals surface area contributed by atoms with Crippen LogP contribution in [-0.2, 0) is 6.42 Å². The maximum atomic E-state index is 12.5. The molecule has 4 rings (SSSR count). The number of nitrogens with zero attached hydrogens (tertiary/aromatic N) is 4. The Balaban J connectivity index is 1.49. The van der Waals surface area contributed by atoms with Gasteiger partial charge in [0, 0.05) is 23.7 Å². The lowest BCUT2D eigenvalue weighted by Gasteiger charge is -2.01. The number of ether oxygens (including phenoxy) is 1. The first-order chi connectivity index (χ1) is 13.5. The number of carbonyl (C=O) groups is 1. The van der Waals surface area contributed by atoms with E-state index in [2.05, 4.69) is 20.5 Å². The number of amides is 1. The molecule has 0 bridgehead atoms. The highest BCUT2D eigenvalue weighted by atomic mass is 32.1. The van der Waals surface area contributed by atoms with Gasteiger partial charge in [-0.3, -0.25) is 19.3 Å². The standard InChI is InChI=1S/C18H15N5O3S2/c1-10-9-23-16(25)13(8-19-18(23)27-10)15(24)20-17-22-21-14(28-17)7-11-3-5-12(26-2)6-4-11/h3-6,8-9H,7H2,1-2H3,(H,20,22,24). The Morgan fingerprint density at radius 3 is 2.75 bits per heavy atom. The van der Waals surface area contributed by atoms with E-state index in [1.54, 1.807) is 13.3 Å². The summed E-state index contributed by atoms with van der Waals surface area (Å²) in [7, 11) is 1.62. The van der Waals surface area contributed by atoms with Crippen molar-refractivity contribution in [1.29, 1.82) is 0 Å². The van der Waals surface area contributed by atoms with E-state index >= 15 is 0 Å². The zero-order valence-electron chi connectivity index (χ0n) is 15.0. The molecule has 0 fully saturated rings. The Morgan fingerprint density at radius 2 is 2.00 bits per heavy atom. The molecule has 0 aliphatic rings. The summed E-state index contributed by atoms with van der Waals surface area (Å²) in [6.45, 7) is 1.88.